The van der Waals surface area contributed by atoms with E-state index < -0.39 is 0 Å². The summed E-state index contributed by atoms with van der Waals surface area (Å²) < 4.78 is 11.0. The molecule has 2 aliphatic rings. The Hall–Kier alpha value is -1.60. The molecule has 152 valence electrons. The lowest BCUT2D eigenvalue weighted by Gasteiger charge is -2.41. The molecule has 0 bridgehead atoms. The van der Waals surface area contributed by atoms with E-state index in [-0.39, 0.29) is 5.41 Å². The predicted molar refractivity (Wildman–Crippen MR) is 107 cm³/mol. The topological polar surface area (TPSA) is 66.1 Å². The van der Waals surface area contributed by atoms with Crippen LogP contribution in [0.25, 0.3) is 0 Å². The molecule has 7 nitrogen and oxygen atoms in total. The molecule has 0 aliphatic carbocycles. The van der Waals surface area contributed by atoms with Crippen LogP contribution in [0.15, 0.2) is 21.8 Å². The molecule has 0 saturated carbocycles. The second-order valence-corrected chi connectivity index (χ2v) is 8.74. The molecule has 1 aromatic heterocycles. The lowest BCUT2D eigenvalue weighted by molar-refractivity contribution is -0.0836. The van der Waals surface area contributed by atoms with E-state index in [1.54, 1.807) is 6.26 Å². The van der Waals surface area contributed by atoms with Gasteiger partial charge in [-0.1, -0.05) is 25.9 Å². The molecule has 0 amide bonds. The van der Waals surface area contributed by atoms with Gasteiger partial charge in [-0.3, -0.25) is 9.89 Å². The Labute approximate surface area is 163 Å². The fourth-order valence-electron chi connectivity index (χ4n) is 4.23. The molecule has 2 atom stereocenters. The number of guanidine groups is 1. The van der Waals surface area contributed by atoms with Crippen LogP contribution in [0.4, 0.5) is 0 Å². The summed E-state index contributed by atoms with van der Waals surface area (Å²) in [4.78, 5) is 9.29. The van der Waals surface area contributed by atoms with Crippen LogP contribution in [-0.2, 0) is 11.3 Å². The third-order valence-electron chi connectivity index (χ3n) is 5.58. The van der Waals surface area contributed by atoms with Crippen LogP contribution in [0.3, 0.4) is 0 Å². The molecule has 27 heavy (non-hydrogen) atoms. The molecule has 0 radical (unpaired) electrons. The van der Waals surface area contributed by atoms with E-state index in [9.17, 15) is 0 Å². The Morgan fingerprint density at radius 2 is 2.07 bits per heavy atom. The normalized spacial score (nSPS) is 25.6. The molecule has 0 spiro atoms. The summed E-state index contributed by atoms with van der Waals surface area (Å²) >= 11 is 0. The fourth-order valence-corrected chi connectivity index (χ4v) is 4.23. The van der Waals surface area contributed by atoms with Crippen LogP contribution in [-0.4, -0.2) is 73.4 Å². The smallest absolute Gasteiger partial charge is 0.193 e. The van der Waals surface area contributed by atoms with Crippen molar-refractivity contribution in [2.45, 2.75) is 46.3 Å². The lowest BCUT2D eigenvalue weighted by atomic mass is 9.78. The molecule has 1 N–H and O–H groups in total. The van der Waals surface area contributed by atoms with Crippen molar-refractivity contribution < 1.29 is 9.26 Å². The minimum absolute atomic E-state index is 0.170. The van der Waals surface area contributed by atoms with Gasteiger partial charge in [0.15, 0.2) is 5.96 Å². The summed E-state index contributed by atoms with van der Waals surface area (Å²) in [6.07, 6.45) is 4.31. The largest absolute Gasteiger partial charge is 0.377 e. The van der Waals surface area contributed by atoms with Crippen LogP contribution in [0, 0.1) is 11.3 Å². The zero-order valence-electron chi connectivity index (χ0n) is 17.3. The monoisotopic (exact) mass is 377 g/mol. The third-order valence-corrected chi connectivity index (χ3v) is 5.58. The molecular formula is C20H35N5O2. The summed E-state index contributed by atoms with van der Waals surface area (Å²) in [5, 5.41) is 7.63. The van der Waals surface area contributed by atoms with Gasteiger partial charge in [-0.25, -0.2) is 0 Å². The highest BCUT2D eigenvalue weighted by atomic mass is 16.5. The molecule has 3 rings (SSSR count). The second-order valence-electron chi connectivity index (χ2n) is 8.74. The minimum atomic E-state index is 0.170. The van der Waals surface area contributed by atoms with Gasteiger partial charge in [0.2, 0.25) is 0 Å². The average Bonchev–Trinajstić information content (AvgIpc) is 3.16. The summed E-state index contributed by atoms with van der Waals surface area (Å²) in [5.74, 6) is 1.54. The first kappa shape index (κ1) is 20.1. The van der Waals surface area contributed by atoms with Gasteiger partial charge in [0.05, 0.1) is 11.8 Å². The quantitative estimate of drug-likeness (QED) is 0.641. The third kappa shape index (κ3) is 5.45. The molecule has 2 aliphatic heterocycles. The Morgan fingerprint density at radius 1 is 1.30 bits per heavy atom. The van der Waals surface area contributed by atoms with E-state index >= 15 is 0 Å². The van der Waals surface area contributed by atoms with Gasteiger partial charge in [-0.2, -0.15) is 0 Å². The number of ether oxygens (including phenoxy) is 1. The average molecular weight is 378 g/mol. The van der Waals surface area contributed by atoms with Crippen LogP contribution < -0.4 is 5.32 Å². The Balaban J connectivity index is 1.48. The van der Waals surface area contributed by atoms with Crippen LogP contribution in [0.2, 0.25) is 0 Å². The van der Waals surface area contributed by atoms with E-state index in [2.05, 4.69) is 46.0 Å². The highest BCUT2D eigenvalue weighted by Crippen LogP contribution is 2.33. The molecule has 2 fully saturated rings. The number of rotatable bonds is 4. The van der Waals surface area contributed by atoms with Crippen molar-refractivity contribution in [3.8, 4) is 0 Å². The van der Waals surface area contributed by atoms with Gasteiger partial charge < -0.3 is 19.5 Å². The van der Waals surface area contributed by atoms with E-state index in [4.69, 9.17) is 9.26 Å². The van der Waals surface area contributed by atoms with Gasteiger partial charge in [-0.15, -0.1) is 0 Å². The first-order valence-corrected chi connectivity index (χ1v) is 10.2. The van der Waals surface area contributed by atoms with Gasteiger partial charge >= 0.3 is 0 Å². The number of aliphatic imine (C=N–C) groups is 1. The molecule has 2 saturated heterocycles. The number of piperazine rings is 1. The number of nitrogens with one attached hydrogen (secondary N) is 1. The van der Waals surface area contributed by atoms with E-state index in [1.807, 2.05) is 13.1 Å². The van der Waals surface area contributed by atoms with Crippen molar-refractivity contribution in [2.75, 3.05) is 46.4 Å². The number of aromatic nitrogens is 1. The summed E-state index contributed by atoms with van der Waals surface area (Å²) in [7, 11) is 1.88. The minimum Gasteiger partial charge on any atom is -0.377 e. The first-order valence-electron chi connectivity index (χ1n) is 10.2. The van der Waals surface area contributed by atoms with Crippen molar-refractivity contribution >= 4 is 5.96 Å². The fraction of sp³-hybridized carbons (Fsp3) is 0.800. The summed E-state index contributed by atoms with van der Waals surface area (Å²) in [5.41, 5.74) is 1.17. The number of hydrogen-bond acceptors (Lipinski definition) is 5. The Kier molecular flexibility index (Phi) is 6.76. The highest BCUT2D eigenvalue weighted by molar-refractivity contribution is 5.80. The maximum absolute atomic E-state index is 6.12. The molecule has 2 unspecified atom stereocenters. The molecule has 7 heteroatoms. The van der Waals surface area contributed by atoms with Crippen molar-refractivity contribution in [2.24, 2.45) is 16.3 Å². The van der Waals surface area contributed by atoms with Crippen molar-refractivity contribution in [3.63, 3.8) is 0 Å². The van der Waals surface area contributed by atoms with Gasteiger partial charge in [0.25, 0.3) is 0 Å². The van der Waals surface area contributed by atoms with Gasteiger partial charge in [0, 0.05) is 64.9 Å². The lowest BCUT2D eigenvalue weighted by Crippen LogP contribution is -2.54. The number of hydrogen-bond donors (Lipinski definition) is 1. The maximum atomic E-state index is 6.12. The molecular weight excluding hydrogens is 342 g/mol. The van der Waals surface area contributed by atoms with Crippen molar-refractivity contribution in [3.05, 3.63) is 18.0 Å². The Morgan fingerprint density at radius 3 is 2.70 bits per heavy atom. The summed E-state index contributed by atoms with van der Waals surface area (Å²) in [6.45, 7) is 13.5. The molecule has 0 aromatic carbocycles. The van der Waals surface area contributed by atoms with E-state index in [0.29, 0.717) is 12.0 Å². The number of nitrogens with zero attached hydrogens (tertiary/aromatic N) is 4. The highest BCUT2D eigenvalue weighted by Gasteiger charge is 2.35. The standard InChI is InChI=1S/C20H35N5O2/c1-20(2,3)18-16(6-5-12-26-18)14-22-19(21-4)25-10-8-24(9-11-25)15-17-7-13-27-23-17/h7,13,16,18H,5-6,8-12,14-15H2,1-4H3,(H,21,22). The molecule has 3 heterocycles. The van der Waals surface area contributed by atoms with Gasteiger partial charge in [-0.05, 0) is 18.3 Å². The van der Waals surface area contributed by atoms with E-state index in [1.165, 1.54) is 6.42 Å². The SMILES string of the molecule is CN=C(NCC1CCCOC1C(C)(C)C)N1CCN(Cc2ccon2)CC1. The second kappa shape index (κ2) is 9.06. The van der Waals surface area contributed by atoms with Crippen molar-refractivity contribution in [1.29, 1.82) is 0 Å². The first-order chi connectivity index (χ1) is 13.0. The zero-order valence-corrected chi connectivity index (χ0v) is 17.3. The maximum Gasteiger partial charge on any atom is 0.193 e. The van der Waals surface area contributed by atoms with Crippen LogP contribution >= 0.6 is 0 Å². The van der Waals surface area contributed by atoms with E-state index in [0.717, 1.165) is 63.9 Å². The zero-order chi connectivity index (χ0) is 19.3. The van der Waals surface area contributed by atoms with Gasteiger partial charge in [0.1, 0.15) is 6.26 Å². The summed E-state index contributed by atoms with van der Waals surface area (Å²) in [6, 6.07) is 1.94. The van der Waals surface area contributed by atoms with Crippen LogP contribution in [0.5, 0.6) is 0 Å². The predicted octanol–water partition coefficient (Wildman–Crippen LogP) is 2.21. The van der Waals surface area contributed by atoms with Crippen molar-refractivity contribution in [1.82, 2.24) is 20.3 Å². The molecule has 1 aromatic rings. The van der Waals surface area contributed by atoms with Crippen LogP contribution in [0.1, 0.15) is 39.3 Å². The Bertz CT molecular complexity index is 588.